The third kappa shape index (κ3) is 3.25. The van der Waals surface area contributed by atoms with Crippen molar-refractivity contribution in [2.24, 2.45) is 0 Å². The molecular weight excluding hydrogens is 325 g/mol. The second-order valence-electron chi connectivity index (χ2n) is 4.89. The minimum Gasteiger partial charge on any atom is -0.481 e. The lowest BCUT2D eigenvalue weighted by Gasteiger charge is -2.40. The molecule has 1 aromatic carbocycles. The number of nitrogens with one attached hydrogen (secondary N) is 1. The van der Waals surface area contributed by atoms with Gasteiger partial charge in [0.25, 0.3) is 0 Å². The Morgan fingerprint density at radius 1 is 1.30 bits per heavy atom. The third-order valence-electron chi connectivity index (χ3n) is 3.35. The van der Waals surface area contributed by atoms with Crippen molar-refractivity contribution in [3.05, 3.63) is 28.2 Å². The highest BCUT2D eigenvalue weighted by molar-refractivity contribution is 7.89. The van der Waals surface area contributed by atoms with Gasteiger partial charge in [-0.05, 0) is 37.5 Å². The van der Waals surface area contributed by atoms with E-state index >= 15 is 0 Å². The maximum absolute atomic E-state index is 12.3. The summed E-state index contributed by atoms with van der Waals surface area (Å²) in [6, 6.07) is 3.98. The Labute approximate surface area is 126 Å². The van der Waals surface area contributed by atoms with E-state index < -0.39 is 21.5 Å². The number of sulfonamides is 1. The molecule has 5 nitrogen and oxygen atoms in total. The summed E-state index contributed by atoms with van der Waals surface area (Å²) in [7, 11) is -3.82. The zero-order valence-electron chi connectivity index (χ0n) is 10.4. The summed E-state index contributed by atoms with van der Waals surface area (Å²) in [5.41, 5.74) is -0.892. The maximum atomic E-state index is 12.3. The van der Waals surface area contributed by atoms with Gasteiger partial charge in [-0.25, -0.2) is 13.1 Å². The van der Waals surface area contributed by atoms with Crippen LogP contribution in [0.1, 0.15) is 25.7 Å². The fraction of sp³-hybridized carbons (Fsp3) is 0.417. The summed E-state index contributed by atoms with van der Waals surface area (Å²) in [6.45, 7) is 0. The standard InChI is InChI=1S/C12H13Cl2NO4S/c13-9-3-2-8(6-10(9)14)20(18,19)15-12(4-1-5-12)7-11(16)17/h2-3,6,15H,1,4-5,7H2,(H,16,17). The van der Waals surface area contributed by atoms with Crippen LogP contribution in [0.5, 0.6) is 0 Å². The van der Waals surface area contributed by atoms with Gasteiger partial charge in [-0.1, -0.05) is 23.2 Å². The van der Waals surface area contributed by atoms with Crippen molar-refractivity contribution in [3.8, 4) is 0 Å². The largest absolute Gasteiger partial charge is 0.481 e. The molecule has 0 aromatic heterocycles. The SMILES string of the molecule is O=C(O)CC1(NS(=O)(=O)c2ccc(Cl)c(Cl)c2)CCC1. The zero-order valence-corrected chi connectivity index (χ0v) is 12.7. The first-order valence-electron chi connectivity index (χ1n) is 5.95. The molecule has 0 radical (unpaired) electrons. The molecule has 1 aliphatic carbocycles. The monoisotopic (exact) mass is 337 g/mol. The Kier molecular flexibility index (Phi) is 4.30. The molecule has 2 rings (SSSR count). The van der Waals surface area contributed by atoms with E-state index in [1.807, 2.05) is 0 Å². The van der Waals surface area contributed by atoms with E-state index in [2.05, 4.69) is 4.72 Å². The van der Waals surface area contributed by atoms with Crippen LogP contribution in [0.4, 0.5) is 0 Å². The molecule has 110 valence electrons. The second kappa shape index (κ2) is 5.52. The first-order valence-corrected chi connectivity index (χ1v) is 8.19. The van der Waals surface area contributed by atoms with Crippen LogP contribution in [0.25, 0.3) is 0 Å². The van der Waals surface area contributed by atoms with E-state index in [0.29, 0.717) is 12.8 Å². The topological polar surface area (TPSA) is 83.5 Å². The van der Waals surface area contributed by atoms with E-state index in [1.165, 1.54) is 18.2 Å². The fourth-order valence-corrected chi connectivity index (χ4v) is 4.04. The smallest absolute Gasteiger partial charge is 0.305 e. The Morgan fingerprint density at radius 3 is 2.40 bits per heavy atom. The van der Waals surface area contributed by atoms with E-state index in [-0.39, 0.29) is 21.4 Å². The van der Waals surface area contributed by atoms with Gasteiger partial charge in [0.05, 0.1) is 21.4 Å². The number of carboxylic acids is 1. The van der Waals surface area contributed by atoms with Gasteiger partial charge in [0, 0.05) is 5.54 Å². The summed E-state index contributed by atoms with van der Waals surface area (Å²) in [5, 5.41) is 9.28. The predicted octanol–water partition coefficient (Wildman–Crippen LogP) is 2.67. The molecule has 1 fully saturated rings. The molecule has 2 N–H and O–H groups in total. The van der Waals surface area contributed by atoms with Crippen molar-refractivity contribution in [2.75, 3.05) is 0 Å². The van der Waals surface area contributed by atoms with E-state index in [1.54, 1.807) is 0 Å². The molecule has 8 heteroatoms. The second-order valence-corrected chi connectivity index (χ2v) is 7.38. The van der Waals surface area contributed by atoms with Crippen molar-refractivity contribution in [1.82, 2.24) is 4.72 Å². The number of carbonyl (C=O) groups is 1. The van der Waals surface area contributed by atoms with Crippen molar-refractivity contribution in [2.45, 2.75) is 36.1 Å². The number of benzene rings is 1. The van der Waals surface area contributed by atoms with Crippen LogP contribution in [0.2, 0.25) is 10.0 Å². The van der Waals surface area contributed by atoms with Crippen LogP contribution in [-0.2, 0) is 14.8 Å². The van der Waals surface area contributed by atoms with Crippen molar-refractivity contribution in [1.29, 1.82) is 0 Å². The number of rotatable bonds is 5. The normalized spacial score (nSPS) is 17.5. The van der Waals surface area contributed by atoms with E-state index in [0.717, 1.165) is 6.42 Å². The van der Waals surface area contributed by atoms with E-state index in [4.69, 9.17) is 28.3 Å². The van der Waals surface area contributed by atoms with Crippen LogP contribution >= 0.6 is 23.2 Å². The Hall–Kier alpha value is -0.820. The van der Waals surface area contributed by atoms with Crippen LogP contribution in [0.15, 0.2) is 23.1 Å². The molecule has 0 unspecified atom stereocenters. The quantitative estimate of drug-likeness (QED) is 0.865. The summed E-state index contributed by atoms with van der Waals surface area (Å²) in [4.78, 5) is 10.8. The Balaban J connectivity index is 2.26. The van der Waals surface area contributed by atoms with Crippen LogP contribution < -0.4 is 4.72 Å². The van der Waals surface area contributed by atoms with Crippen molar-refractivity contribution < 1.29 is 18.3 Å². The molecule has 0 saturated heterocycles. The van der Waals surface area contributed by atoms with Crippen molar-refractivity contribution >= 4 is 39.2 Å². The van der Waals surface area contributed by atoms with E-state index in [9.17, 15) is 13.2 Å². The Morgan fingerprint density at radius 2 is 1.95 bits per heavy atom. The number of carboxylic acid groups (broad SMARTS) is 1. The molecule has 0 heterocycles. The number of halogens is 2. The molecule has 1 aliphatic rings. The molecule has 0 bridgehead atoms. The first kappa shape index (κ1) is 15.6. The van der Waals surface area contributed by atoms with Crippen molar-refractivity contribution in [3.63, 3.8) is 0 Å². The highest BCUT2D eigenvalue weighted by atomic mass is 35.5. The number of hydrogen-bond acceptors (Lipinski definition) is 3. The molecule has 1 saturated carbocycles. The van der Waals surface area contributed by atoms with Crippen LogP contribution in [-0.4, -0.2) is 25.0 Å². The lowest BCUT2D eigenvalue weighted by molar-refractivity contribution is -0.139. The molecule has 20 heavy (non-hydrogen) atoms. The third-order valence-corrected chi connectivity index (χ3v) is 5.67. The fourth-order valence-electron chi connectivity index (χ4n) is 2.20. The number of hydrogen-bond donors (Lipinski definition) is 2. The van der Waals surface area contributed by atoms with Gasteiger partial charge < -0.3 is 5.11 Å². The van der Waals surface area contributed by atoms with Gasteiger partial charge in [-0.2, -0.15) is 0 Å². The highest BCUT2D eigenvalue weighted by Crippen LogP contribution is 2.36. The summed E-state index contributed by atoms with van der Waals surface area (Å²) >= 11 is 11.6. The maximum Gasteiger partial charge on any atom is 0.305 e. The minimum atomic E-state index is -3.82. The molecule has 0 atom stereocenters. The minimum absolute atomic E-state index is 0.0245. The predicted molar refractivity (Wildman–Crippen MR) is 75.6 cm³/mol. The Bertz CT molecular complexity index is 641. The highest BCUT2D eigenvalue weighted by Gasteiger charge is 2.42. The molecule has 1 aromatic rings. The molecular formula is C12H13Cl2NO4S. The molecule has 0 aliphatic heterocycles. The van der Waals surface area contributed by atoms with Gasteiger partial charge in [0.15, 0.2) is 0 Å². The average molecular weight is 338 g/mol. The average Bonchev–Trinajstić information content (AvgIpc) is 2.28. The van der Waals surface area contributed by atoms with Gasteiger partial charge in [-0.15, -0.1) is 0 Å². The zero-order chi connectivity index (χ0) is 15.0. The van der Waals surface area contributed by atoms with Crippen LogP contribution in [0, 0.1) is 0 Å². The summed E-state index contributed by atoms with van der Waals surface area (Å²) in [5.74, 6) is -1.03. The van der Waals surface area contributed by atoms with Gasteiger partial charge >= 0.3 is 5.97 Å². The first-order chi connectivity index (χ1) is 9.24. The molecule has 0 spiro atoms. The van der Waals surface area contributed by atoms with Gasteiger partial charge in [0.1, 0.15) is 0 Å². The van der Waals surface area contributed by atoms with Gasteiger partial charge in [0.2, 0.25) is 10.0 Å². The summed E-state index contributed by atoms with van der Waals surface area (Å²) < 4.78 is 27.0. The lowest BCUT2D eigenvalue weighted by atomic mass is 9.75. The lowest BCUT2D eigenvalue weighted by Crippen LogP contribution is -2.54. The number of aliphatic carboxylic acids is 1. The van der Waals surface area contributed by atoms with Crippen LogP contribution in [0.3, 0.4) is 0 Å². The molecule has 0 amide bonds. The van der Waals surface area contributed by atoms with Gasteiger partial charge in [-0.3, -0.25) is 4.79 Å². The summed E-state index contributed by atoms with van der Waals surface area (Å²) in [6.07, 6.45) is 1.60.